The van der Waals surface area contributed by atoms with Gasteiger partial charge in [0.2, 0.25) is 0 Å². The molecule has 0 fully saturated rings. The summed E-state index contributed by atoms with van der Waals surface area (Å²) < 4.78 is 37.6. The fourth-order valence-electron chi connectivity index (χ4n) is 1.74. The molecule has 0 atom stereocenters. The molecule has 4 nitrogen and oxygen atoms in total. The van der Waals surface area contributed by atoms with Gasteiger partial charge >= 0.3 is 0 Å². The number of hydrogen-bond acceptors (Lipinski definition) is 4. The van der Waals surface area contributed by atoms with Crippen LogP contribution in [-0.4, -0.2) is 26.9 Å². The van der Waals surface area contributed by atoms with Crippen molar-refractivity contribution in [2.75, 3.05) is 26.9 Å². The van der Waals surface area contributed by atoms with E-state index in [4.69, 9.17) is 14.7 Å². The molecule has 0 saturated heterocycles. The summed E-state index contributed by atoms with van der Waals surface area (Å²) in [5, 5.41) is 11.4. The number of halogens is 2. The highest BCUT2D eigenvalue weighted by molar-refractivity contribution is 5.31. The molecule has 21 heavy (non-hydrogen) atoms. The van der Waals surface area contributed by atoms with Crippen LogP contribution in [0.1, 0.15) is 24.8 Å². The van der Waals surface area contributed by atoms with E-state index in [1.54, 1.807) is 7.11 Å². The number of rotatable bonds is 10. The predicted molar refractivity (Wildman–Crippen MR) is 74.9 cm³/mol. The fourth-order valence-corrected chi connectivity index (χ4v) is 1.74. The van der Waals surface area contributed by atoms with E-state index < -0.39 is 11.6 Å². The number of ether oxygens (including phenoxy) is 2. The molecular weight excluding hydrogens is 278 g/mol. The van der Waals surface area contributed by atoms with Crippen LogP contribution in [0, 0.1) is 23.0 Å². The van der Waals surface area contributed by atoms with Crippen molar-refractivity contribution in [1.82, 2.24) is 5.32 Å². The zero-order valence-electron chi connectivity index (χ0n) is 12.1. The smallest absolute Gasteiger partial charge is 0.190 e. The molecule has 0 aliphatic carbocycles. The molecule has 0 amide bonds. The highest BCUT2D eigenvalue weighted by Crippen LogP contribution is 2.23. The Balaban J connectivity index is 2.49. The monoisotopic (exact) mass is 298 g/mol. The Kier molecular flexibility index (Phi) is 8.32. The van der Waals surface area contributed by atoms with Gasteiger partial charge in [0.1, 0.15) is 0 Å². The molecule has 1 aromatic rings. The van der Waals surface area contributed by atoms with Crippen LogP contribution in [0.25, 0.3) is 0 Å². The molecular formula is C15H20F2N2O2. The van der Waals surface area contributed by atoms with Crippen molar-refractivity contribution in [3.63, 3.8) is 0 Å². The number of hydrogen-bond donors (Lipinski definition) is 1. The van der Waals surface area contributed by atoms with E-state index in [1.165, 1.54) is 12.1 Å². The van der Waals surface area contributed by atoms with Gasteiger partial charge in [0.05, 0.1) is 19.3 Å². The van der Waals surface area contributed by atoms with E-state index in [0.29, 0.717) is 44.5 Å². The summed E-state index contributed by atoms with van der Waals surface area (Å²) in [4.78, 5) is 0. The number of benzene rings is 1. The average Bonchev–Trinajstić information content (AvgIpc) is 2.46. The third kappa shape index (κ3) is 6.52. The van der Waals surface area contributed by atoms with E-state index in [-0.39, 0.29) is 12.4 Å². The van der Waals surface area contributed by atoms with Gasteiger partial charge in [-0.15, -0.1) is 0 Å². The Bertz CT molecular complexity index is 452. The SMILES string of the molecule is COCCNCc1cc(F)c(OCCCCC#N)c(F)c1. The molecule has 116 valence electrons. The van der Waals surface area contributed by atoms with Crippen LogP contribution in [-0.2, 0) is 11.3 Å². The highest BCUT2D eigenvalue weighted by Gasteiger charge is 2.12. The Labute approximate surface area is 123 Å². The Morgan fingerprint density at radius 2 is 1.90 bits per heavy atom. The second-order valence-corrected chi connectivity index (χ2v) is 4.52. The molecule has 0 spiro atoms. The molecule has 1 rings (SSSR count). The van der Waals surface area contributed by atoms with Crippen molar-refractivity contribution in [3.8, 4) is 11.8 Å². The number of nitriles is 1. The molecule has 0 bridgehead atoms. The molecule has 0 saturated carbocycles. The summed E-state index contributed by atoms with van der Waals surface area (Å²) in [5.41, 5.74) is 0.512. The standard InChI is InChI=1S/C15H20F2N2O2/c1-20-8-6-19-11-12-9-13(16)15(14(17)10-12)21-7-4-2-3-5-18/h9-10,19H,2-4,6-8,11H2,1H3. The summed E-state index contributed by atoms with van der Waals surface area (Å²) in [7, 11) is 1.59. The second-order valence-electron chi connectivity index (χ2n) is 4.52. The molecule has 1 N–H and O–H groups in total. The molecule has 0 aliphatic heterocycles. The maximum atomic E-state index is 13.8. The van der Waals surface area contributed by atoms with Gasteiger partial charge in [-0.1, -0.05) is 0 Å². The lowest BCUT2D eigenvalue weighted by Gasteiger charge is -2.10. The molecule has 0 aromatic heterocycles. The van der Waals surface area contributed by atoms with Gasteiger partial charge in [0, 0.05) is 26.6 Å². The van der Waals surface area contributed by atoms with Crippen molar-refractivity contribution in [2.24, 2.45) is 0 Å². The lowest BCUT2D eigenvalue weighted by atomic mass is 10.2. The number of nitrogens with one attached hydrogen (secondary N) is 1. The first-order valence-corrected chi connectivity index (χ1v) is 6.86. The van der Waals surface area contributed by atoms with Crippen LogP contribution < -0.4 is 10.1 Å². The maximum Gasteiger partial charge on any atom is 0.190 e. The van der Waals surface area contributed by atoms with E-state index in [2.05, 4.69) is 5.32 Å². The minimum atomic E-state index is -0.709. The summed E-state index contributed by atoms with van der Waals surface area (Å²) in [6, 6.07) is 4.52. The lowest BCUT2D eigenvalue weighted by Crippen LogP contribution is -2.18. The summed E-state index contributed by atoms with van der Waals surface area (Å²) in [5.74, 6) is -1.77. The normalized spacial score (nSPS) is 10.4. The molecule has 0 radical (unpaired) electrons. The third-order valence-corrected chi connectivity index (χ3v) is 2.80. The zero-order valence-corrected chi connectivity index (χ0v) is 12.1. The van der Waals surface area contributed by atoms with Gasteiger partial charge in [-0.2, -0.15) is 5.26 Å². The van der Waals surface area contributed by atoms with Gasteiger partial charge in [-0.3, -0.25) is 0 Å². The minimum absolute atomic E-state index is 0.195. The van der Waals surface area contributed by atoms with Crippen LogP contribution in [0.5, 0.6) is 5.75 Å². The first-order valence-electron chi connectivity index (χ1n) is 6.86. The first-order chi connectivity index (χ1) is 10.2. The summed E-state index contributed by atoms with van der Waals surface area (Å²) in [6.07, 6.45) is 1.66. The van der Waals surface area contributed by atoms with E-state index in [9.17, 15) is 8.78 Å². The lowest BCUT2D eigenvalue weighted by molar-refractivity contribution is 0.199. The second kappa shape index (κ2) is 10.1. The van der Waals surface area contributed by atoms with Gasteiger partial charge in [-0.05, 0) is 30.5 Å². The van der Waals surface area contributed by atoms with Crippen molar-refractivity contribution in [1.29, 1.82) is 5.26 Å². The zero-order chi connectivity index (χ0) is 15.5. The minimum Gasteiger partial charge on any atom is -0.488 e. The molecule has 0 unspecified atom stereocenters. The van der Waals surface area contributed by atoms with Gasteiger partial charge in [0.15, 0.2) is 17.4 Å². The van der Waals surface area contributed by atoms with Crippen LogP contribution in [0.3, 0.4) is 0 Å². The van der Waals surface area contributed by atoms with Crippen LogP contribution in [0.15, 0.2) is 12.1 Å². The molecule has 0 heterocycles. The Morgan fingerprint density at radius 1 is 1.19 bits per heavy atom. The average molecular weight is 298 g/mol. The van der Waals surface area contributed by atoms with Crippen LogP contribution >= 0.6 is 0 Å². The van der Waals surface area contributed by atoms with Crippen molar-refractivity contribution in [2.45, 2.75) is 25.8 Å². The summed E-state index contributed by atoms with van der Waals surface area (Å²) in [6.45, 7) is 1.70. The topological polar surface area (TPSA) is 54.3 Å². The van der Waals surface area contributed by atoms with Crippen LogP contribution in [0.2, 0.25) is 0 Å². The van der Waals surface area contributed by atoms with Gasteiger partial charge in [-0.25, -0.2) is 8.78 Å². The fraction of sp³-hybridized carbons (Fsp3) is 0.533. The van der Waals surface area contributed by atoms with Crippen molar-refractivity contribution >= 4 is 0 Å². The Hall–Kier alpha value is -1.71. The van der Waals surface area contributed by atoms with E-state index >= 15 is 0 Å². The van der Waals surface area contributed by atoms with Gasteiger partial charge < -0.3 is 14.8 Å². The number of nitrogens with zero attached hydrogens (tertiary/aromatic N) is 1. The predicted octanol–water partition coefficient (Wildman–Crippen LogP) is 2.77. The van der Waals surface area contributed by atoms with Gasteiger partial charge in [0.25, 0.3) is 0 Å². The number of unbranched alkanes of at least 4 members (excludes halogenated alkanes) is 2. The molecule has 6 heteroatoms. The summed E-state index contributed by atoms with van der Waals surface area (Å²) >= 11 is 0. The van der Waals surface area contributed by atoms with E-state index in [1.807, 2.05) is 6.07 Å². The molecule has 0 aliphatic rings. The Morgan fingerprint density at radius 3 is 2.52 bits per heavy atom. The largest absolute Gasteiger partial charge is 0.488 e. The third-order valence-electron chi connectivity index (χ3n) is 2.80. The number of methoxy groups -OCH3 is 1. The van der Waals surface area contributed by atoms with Crippen molar-refractivity contribution < 1.29 is 18.3 Å². The van der Waals surface area contributed by atoms with E-state index in [0.717, 1.165) is 0 Å². The first kappa shape index (κ1) is 17.3. The van der Waals surface area contributed by atoms with Crippen molar-refractivity contribution in [3.05, 3.63) is 29.3 Å². The maximum absolute atomic E-state index is 13.8. The highest BCUT2D eigenvalue weighted by atomic mass is 19.1. The van der Waals surface area contributed by atoms with Crippen LogP contribution in [0.4, 0.5) is 8.78 Å². The molecule has 1 aromatic carbocycles. The quantitative estimate of drug-likeness (QED) is 0.675.